The largest absolute Gasteiger partial charge is 0.484 e. The molecule has 1 fully saturated rings. The van der Waals surface area contributed by atoms with Crippen LogP contribution in [0.5, 0.6) is 5.75 Å². The van der Waals surface area contributed by atoms with Gasteiger partial charge in [-0.1, -0.05) is 32.9 Å². The average Bonchev–Trinajstić information content (AvgIpc) is 2.58. The van der Waals surface area contributed by atoms with Crippen LogP contribution in [0, 0.1) is 5.92 Å². The summed E-state index contributed by atoms with van der Waals surface area (Å²) in [6.07, 6.45) is 2.32. The molecule has 1 aromatic rings. The van der Waals surface area contributed by atoms with Crippen molar-refractivity contribution >= 4 is 5.91 Å². The molecule has 0 aliphatic carbocycles. The van der Waals surface area contributed by atoms with Crippen molar-refractivity contribution in [2.24, 2.45) is 5.92 Å². The summed E-state index contributed by atoms with van der Waals surface area (Å²) >= 11 is 0. The molecule has 1 aromatic carbocycles. The molecule has 0 bridgehead atoms. The Bertz CT molecular complexity index is 538. The van der Waals surface area contributed by atoms with E-state index in [4.69, 9.17) is 4.74 Å². The zero-order chi connectivity index (χ0) is 18.4. The van der Waals surface area contributed by atoms with E-state index in [1.165, 1.54) is 5.56 Å². The fourth-order valence-corrected chi connectivity index (χ4v) is 3.18. The summed E-state index contributed by atoms with van der Waals surface area (Å²) in [7, 11) is 0. The monoisotopic (exact) mass is 346 g/mol. The molecule has 140 valence electrons. The molecule has 1 aliphatic heterocycles. The second-order valence-electron chi connectivity index (χ2n) is 8.44. The number of carbonyl (C=O) groups excluding carboxylic acids is 1. The molecule has 2 rings (SSSR count). The van der Waals surface area contributed by atoms with E-state index in [0.29, 0.717) is 12.0 Å². The Hall–Kier alpha value is -1.55. The lowest BCUT2D eigenvalue weighted by atomic mass is 9.87. The van der Waals surface area contributed by atoms with E-state index >= 15 is 0 Å². The van der Waals surface area contributed by atoms with E-state index < -0.39 is 0 Å². The first-order valence-corrected chi connectivity index (χ1v) is 9.50. The molecule has 1 aliphatic rings. The van der Waals surface area contributed by atoms with E-state index in [0.717, 1.165) is 38.2 Å². The fourth-order valence-electron chi connectivity index (χ4n) is 3.18. The molecule has 1 N–H and O–H groups in total. The Labute approximate surface area is 152 Å². The second kappa shape index (κ2) is 8.70. The molecule has 1 heterocycles. The summed E-state index contributed by atoms with van der Waals surface area (Å²) in [4.78, 5) is 14.5. The Kier molecular flexibility index (Phi) is 6.88. The van der Waals surface area contributed by atoms with Gasteiger partial charge in [0, 0.05) is 12.6 Å². The quantitative estimate of drug-likeness (QED) is 0.856. The lowest BCUT2D eigenvalue weighted by molar-refractivity contribution is -0.123. The molecular formula is C21H34N2O2. The van der Waals surface area contributed by atoms with Gasteiger partial charge in [0.25, 0.3) is 5.91 Å². The smallest absolute Gasteiger partial charge is 0.257 e. The summed E-state index contributed by atoms with van der Waals surface area (Å²) in [6.45, 7) is 14.1. The number of ether oxygens (including phenoxy) is 1. The van der Waals surface area contributed by atoms with Crippen LogP contribution in [0.2, 0.25) is 0 Å². The topological polar surface area (TPSA) is 41.6 Å². The van der Waals surface area contributed by atoms with Crippen LogP contribution in [0.1, 0.15) is 53.0 Å². The first-order valence-electron chi connectivity index (χ1n) is 9.50. The number of benzene rings is 1. The van der Waals surface area contributed by atoms with Crippen molar-refractivity contribution in [3.05, 3.63) is 29.8 Å². The van der Waals surface area contributed by atoms with Gasteiger partial charge in [-0.15, -0.1) is 0 Å². The highest BCUT2D eigenvalue weighted by atomic mass is 16.5. The van der Waals surface area contributed by atoms with Gasteiger partial charge in [0.1, 0.15) is 5.75 Å². The zero-order valence-electron chi connectivity index (χ0n) is 16.5. The van der Waals surface area contributed by atoms with Crippen LogP contribution in [0.4, 0.5) is 0 Å². The number of hydrogen-bond donors (Lipinski definition) is 1. The number of carbonyl (C=O) groups is 1. The molecule has 1 saturated heterocycles. The number of rotatable bonds is 6. The Morgan fingerprint density at radius 1 is 1.20 bits per heavy atom. The Morgan fingerprint density at radius 3 is 2.32 bits per heavy atom. The summed E-state index contributed by atoms with van der Waals surface area (Å²) in [5.74, 6) is 1.30. The van der Waals surface area contributed by atoms with Crippen molar-refractivity contribution in [1.29, 1.82) is 0 Å². The minimum absolute atomic E-state index is 0.0359. The number of likely N-dealkylation sites (tertiary alicyclic amines) is 1. The highest BCUT2D eigenvalue weighted by Crippen LogP contribution is 2.24. The number of nitrogens with zero attached hydrogens (tertiary/aromatic N) is 1. The average molecular weight is 347 g/mol. The third kappa shape index (κ3) is 6.35. The third-order valence-electron chi connectivity index (χ3n) is 5.06. The van der Waals surface area contributed by atoms with Gasteiger partial charge in [-0.25, -0.2) is 0 Å². The van der Waals surface area contributed by atoms with Gasteiger partial charge in [-0.3, -0.25) is 4.79 Å². The molecular weight excluding hydrogens is 312 g/mol. The van der Waals surface area contributed by atoms with Crippen molar-refractivity contribution in [3.8, 4) is 5.75 Å². The first kappa shape index (κ1) is 19.8. The SMILES string of the molecule is CC(C)N1CCC(CNC(=O)COc2ccc(C(C)(C)C)cc2)CC1. The van der Waals surface area contributed by atoms with Crippen molar-refractivity contribution in [2.45, 2.75) is 58.9 Å². The maximum absolute atomic E-state index is 12.0. The summed E-state index contributed by atoms with van der Waals surface area (Å²) in [5, 5.41) is 3.02. The minimum atomic E-state index is -0.0359. The molecule has 0 spiro atoms. The van der Waals surface area contributed by atoms with Crippen molar-refractivity contribution in [3.63, 3.8) is 0 Å². The summed E-state index contributed by atoms with van der Waals surface area (Å²) in [6, 6.07) is 8.63. The molecule has 0 unspecified atom stereocenters. The maximum Gasteiger partial charge on any atom is 0.257 e. The lowest BCUT2D eigenvalue weighted by Crippen LogP contribution is -2.42. The molecule has 4 nitrogen and oxygen atoms in total. The van der Waals surface area contributed by atoms with E-state index in [1.54, 1.807) is 0 Å². The molecule has 0 atom stereocenters. The number of amides is 1. The van der Waals surface area contributed by atoms with Gasteiger partial charge >= 0.3 is 0 Å². The molecule has 0 saturated carbocycles. The standard InChI is InChI=1S/C21H34N2O2/c1-16(2)23-12-10-17(11-13-23)14-22-20(24)15-25-19-8-6-18(7-9-19)21(3,4)5/h6-9,16-17H,10-15H2,1-5H3,(H,22,24). The molecule has 25 heavy (non-hydrogen) atoms. The fraction of sp³-hybridized carbons (Fsp3) is 0.667. The highest BCUT2D eigenvalue weighted by Gasteiger charge is 2.21. The predicted octanol–water partition coefficient (Wildman–Crippen LogP) is 3.60. The van der Waals surface area contributed by atoms with Gasteiger partial charge in [0.05, 0.1) is 0 Å². The molecule has 0 radical (unpaired) electrons. The van der Waals surface area contributed by atoms with Gasteiger partial charge in [0.15, 0.2) is 6.61 Å². The van der Waals surface area contributed by atoms with Crippen LogP contribution in [0.25, 0.3) is 0 Å². The van der Waals surface area contributed by atoms with E-state index in [1.807, 2.05) is 12.1 Å². The molecule has 1 amide bonds. The highest BCUT2D eigenvalue weighted by molar-refractivity contribution is 5.77. The van der Waals surface area contributed by atoms with Gasteiger partial charge in [-0.2, -0.15) is 0 Å². The molecule has 4 heteroatoms. The van der Waals surface area contributed by atoms with E-state index in [-0.39, 0.29) is 17.9 Å². The lowest BCUT2D eigenvalue weighted by Gasteiger charge is -2.34. The number of hydrogen-bond acceptors (Lipinski definition) is 3. The Morgan fingerprint density at radius 2 is 1.80 bits per heavy atom. The van der Waals surface area contributed by atoms with Crippen LogP contribution in [-0.4, -0.2) is 43.1 Å². The number of nitrogens with one attached hydrogen (secondary N) is 1. The van der Waals surface area contributed by atoms with Crippen molar-refractivity contribution in [1.82, 2.24) is 10.2 Å². The van der Waals surface area contributed by atoms with Crippen LogP contribution in [-0.2, 0) is 10.2 Å². The van der Waals surface area contributed by atoms with Crippen LogP contribution in [0.3, 0.4) is 0 Å². The van der Waals surface area contributed by atoms with Crippen molar-refractivity contribution in [2.75, 3.05) is 26.2 Å². The molecule has 0 aromatic heterocycles. The Balaban J connectivity index is 1.67. The van der Waals surface area contributed by atoms with Crippen LogP contribution >= 0.6 is 0 Å². The first-order chi connectivity index (χ1) is 11.8. The van der Waals surface area contributed by atoms with Gasteiger partial charge in [-0.05, 0) is 68.8 Å². The maximum atomic E-state index is 12.0. The van der Waals surface area contributed by atoms with E-state index in [2.05, 4.69) is 57.0 Å². The second-order valence-corrected chi connectivity index (χ2v) is 8.44. The van der Waals surface area contributed by atoms with E-state index in [9.17, 15) is 4.79 Å². The van der Waals surface area contributed by atoms with Crippen LogP contribution < -0.4 is 10.1 Å². The predicted molar refractivity (Wildman–Crippen MR) is 103 cm³/mol. The summed E-state index contributed by atoms with van der Waals surface area (Å²) in [5.41, 5.74) is 1.39. The minimum Gasteiger partial charge on any atom is -0.484 e. The summed E-state index contributed by atoms with van der Waals surface area (Å²) < 4.78 is 5.60. The van der Waals surface area contributed by atoms with Crippen LogP contribution in [0.15, 0.2) is 24.3 Å². The zero-order valence-corrected chi connectivity index (χ0v) is 16.5. The van der Waals surface area contributed by atoms with Crippen molar-refractivity contribution < 1.29 is 9.53 Å². The van der Waals surface area contributed by atoms with Gasteiger partial charge < -0.3 is 15.0 Å². The number of piperidine rings is 1. The third-order valence-corrected chi connectivity index (χ3v) is 5.06. The van der Waals surface area contributed by atoms with Gasteiger partial charge in [0.2, 0.25) is 0 Å². The normalized spacial score (nSPS) is 16.9.